The van der Waals surface area contributed by atoms with Gasteiger partial charge in [-0.1, -0.05) is 19.8 Å². The molecule has 0 bridgehead atoms. The lowest BCUT2D eigenvalue weighted by molar-refractivity contribution is 0.431. The Balaban J connectivity index is 1.94. The molecule has 2 aromatic rings. The summed E-state index contributed by atoms with van der Waals surface area (Å²) in [5, 5.41) is 0. The Morgan fingerprint density at radius 3 is 2.89 bits per heavy atom. The molecule has 4 nitrogen and oxygen atoms in total. The number of hydrogen-bond donors (Lipinski definition) is 1. The molecule has 1 unspecified atom stereocenters. The summed E-state index contributed by atoms with van der Waals surface area (Å²) in [5.74, 6) is 0.909. The Hall–Kier alpha value is -1.84. The monoisotopic (exact) mass is 256 g/mol. The van der Waals surface area contributed by atoms with Crippen molar-refractivity contribution in [2.24, 2.45) is 5.92 Å². The van der Waals surface area contributed by atoms with Gasteiger partial charge in [-0.2, -0.15) is 0 Å². The van der Waals surface area contributed by atoms with Gasteiger partial charge in [-0.25, -0.2) is 4.98 Å². The van der Waals surface area contributed by atoms with Gasteiger partial charge >= 0.3 is 0 Å². The second kappa shape index (κ2) is 5.03. The van der Waals surface area contributed by atoms with Gasteiger partial charge in [-0.3, -0.25) is 4.98 Å². The van der Waals surface area contributed by atoms with Gasteiger partial charge in [0, 0.05) is 29.7 Å². The van der Waals surface area contributed by atoms with E-state index < -0.39 is 0 Å². The third-order valence-electron chi connectivity index (χ3n) is 3.96. The molecule has 2 heterocycles. The molecule has 0 amide bonds. The number of anilines is 1. The largest absolute Gasteiger partial charge is 0.398 e. The summed E-state index contributed by atoms with van der Waals surface area (Å²) in [6, 6.07) is 2.36. The summed E-state index contributed by atoms with van der Waals surface area (Å²) in [5.41, 5.74) is 8.88. The molecule has 1 saturated carbocycles. The maximum atomic E-state index is 6.05. The highest BCUT2D eigenvalue weighted by atomic mass is 15.1. The van der Waals surface area contributed by atoms with Crippen LogP contribution < -0.4 is 5.73 Å². The van der Waals surface area contributed by atoms with Crippen molar-refractivity contribution in [1.82, 2.24) is 14.5 Å². The number of nitrogens with two attached hydrogens (primary N) is 1. The zero-order valence-electron chi connectivity index (χ0n) is 11.3. The topological polar surface area (TPSA) is 56.7 Å². The second-order valence-electron chi connectivity index (χ2n) is 5.39. The molecule has 1 atom stereocenters. The van der Waals surface area contributed by atoms with Crippen LogP contribution in [0.4, 0.5) is 5.69 Å². The fourth-order valence-electron chi connectivity index (χ4n) is 2.64. The molecule has 1 aliphatic carbocycles. The minimum absolute atomic E-state index is 0.518. The van der Waals surface area contributed by atoms with Crippen LogP contribution in [0, 0.1) is 5.92 Å². The molecular formula is C15H20N4. The van der Waals surface area contributed by atoms with E-state index in [0.29, 0.717) is 6.04 Å². The number of hydrogen-bond acceptors (Lipinski definition) is 3. The highest BCUT2D eigenvalue weighted by Crippen LogP contribution is 2.39. The van der Waals surface area contributed by atoms with E-state index in [2.05, 4.69) is 21.5 Å². The van der Waals surface area contributed by atoms with E-state index in [-0.39, 0.29) is 0 Å². The zero-order valence-corrected chi connectivity index (χ0v) is 11.3. The minimum atomic E-state index is 0.518. The highest BCUT2D eigenvalue weighted by molar-refractivity contribution is 5.72. The first-order valence-electron chi connectivity index (χ1n) is 7.01. The van der Waals surface area contributed by atoms with E-state index in [4.69, 9.17) is 5.73 Å². The van der Waals surface area contributed by atoms with Crippen LogP contribution in [0.1, 0.15) is 38.6 Å². The number of imidazole rings is 1. The summed E-state index contributed by atoms with van der Waals surface area (Å²) in [6.45, 7) is 2.24. The fraction of sp³-hybridized carbons (Fsp3) is 0.467. The molecule has 19 heavy (non-hydrogen) atoms. The van der Waals surface area contributed by atoms with E-state index in [1.807, 2.05) is 24.8 Å². The summed E-state index contributed by atoms with van der Waals surface area (Å²) in [4.78, 5) is 8.50. The third-order valence-corrected chi connectivity index (χ3v) is 3.96. The molecule has 1 aliphatic rings. The Morgan fingerprint density at radius 1 is 1.37 bits per heavy atom. The Morgan fingerprint density at radius 2 is 2.21 bits per heavy atom. The summed E-state index contributed by atoms with van der Waals surface area (Å²) in [7, 11) is 0. The van der Waals surface area contributed by atoms with Crippen LogP contribution in [0.15, 0.2) is 31.0 Å². The van der Waals surface area contributed by atoms with E-state index >= 15 is 0 Å². The highest BCUT2D eigenvalue weighted by Gasteiger charge is 2.26. The number of aromatic nitrogens is 3. The molecule has 0 saturated heterocycles. The first kappa shape index (κ1) is 12.2. The Labute approximate surface area is 113 Å². The second-order valence-corrected chi connectivity index (χ2v) is 5.39. The molecule has 0 radical (unpaired) electrons. The van der Waals surface area contributed by atoms with Crippen LogP contribution >= 0.6 is 0 Å². The van der Waals surface area contributed by atoms with Crippen molar-refractivity contribution in [3.05, 3.63) is 31.0 Å². The predicted molar refractivity (Wildman–Crippen MR) is 76.5 cm³/mol. The lowest BCUT2D eigenvalue weighted by Gasteiger charge is -2.19. The number of nitrogens with zero attached hydrogens (tertiary/aromatic N) is 3. The van der Waals surface area contributed by atoms with Crippen LogP contribution in [0.5, 0.6) is 0 Å². The maximum Gasteiger partial charge on any atom is 0.0953 e. The quantitative estimate of drug-likeness (QED) is 0.893. The van der Waals surface area contributed by atoms with Crippen LogP contribution in [0.25, 0.3) is 11.3 Å². The van der Waals surface area contributed by atoms with Crippen molar-refractivity contribution in [2.75, 3.05) is 5.73 Å². The SMILES string of the molecule is CCC(CC1CC1)n1cncc1-c1cnccc1N. The summed E-state index contributed by atoms with van der Waals surface area (Å²) >= 11 is 0. The van der Waals surface area contributed by atoms with Gasteiger partial charge in [0.05, 0.1) is 18.2 Å². The van der Waals surface area contributed by atoms with Crippen LogP contribution in [-0.2, 0) is 0 Å². The van der Waals surface area contributed by atoms with Gasteiger partial charge in [0.1, 0.15) is 0 Å². The number of nitrogen functional groups attached to an aromatic ring is 1. The molecule has 0 spiro atoms. The van der Waals surface area contributed by atoms with Crippen LogP contribution in [0.3, 0.4) is 0 Å². The van der Waals surface area contributed by atoms with Crippen molar-refractivity contribution in [3.63, 3.8) is 0 Å². The van der Waals surface area contributed by atoms with Crippen molar-refractivity contribution in [1.29, 1.82) is 0 Å². The molecule has 2 N–H and O–H groups in total. The normalized spacial score (nSPS) is 16.5. The van der Waals surface area contributed by atoms with E-state index in [0.717, 1.165) is 29.3 Å². The molecule has 1 fully saturated rings. The van der Waals surface area contributed by atoms with Gasteiger partial charge in [0.2, 0.25) is 0 Å². The van der Waals surface area contributed by atoms with Gasteiger partial charge in [0.15, 0.2) is 0 Å². The molecular weight excluding hydrogens is 236 g/mol. The Bertz CT molecular complexity index is 557. The standard InChI is InChI=1S/C15H20N4/c1-2-12(7-11-3-4-11)19-10-18-9-15(19)13-8-17-6-5-14(13)16/h5-6,8-12H,2-4,7H2,1H3,(H2,16,17). The summed E-state index contributed by atoms with van der Waals surface area (Å²) < 4.78 is 2.27. The lowest BCUT2D eigenvalue weighted by Crippen LogP contribution is -2.10. The molecule has 0 aromatic carbocycles. The molecule has 100 valence electrons. The first-order valence-corrected chi connectivity index (χ1v) is 7.01. The lowest BCUT2D eigenvalue weighted by atomic mass is 10.1. The number of rotatable bonds is 5. The summed E-state index contributed by atoms with van der Waals surface area (Å²) in [6.07, 6.45) is 12.5. The van der Waals surface area contributed by atoms with E-state index in [1.54, 1.807) is 6.20 Å². The third kappa shape index (κ3) is 2.48. The average Bonchev–Trinajstić information content (AvgIpc) is 3.12. The van der Waals surface area contributed by atoms with Crippen molar-refractivity contribution < 1.29 is 0 Å². The zero-order chi connectivity index (χ0) is 13.2. The molecule has 2 aromatic heterocycles. The molecule has 3 rings (SSSR count). The van der Waals surface area contributed by atoms with Gasteiger partial charge in [0.25, 0.3) is 0 Å². The van der Waals surface area contributed by atoms with Crippen molar-refractivity contribution in [3.8, 4) is 11.3 Å². The van der Waals surface area contributed by atoms with Gasteiger partial charge in [-0.15, -0.1) is 0 Å². The minimum Gasteiger partial charge on any atom is -0.398 e. The first-order chi connectivity index (χ1) is 9.29. The van der Waals surface area contributed by atoms with Crippen molar-refractivity contribution in [2.45, 2.75) is 38.6 Å². The van der Waals surface area contributed by atoms with E-state index in [9.17, 15) is 0 Å². The average molecular weight is 256 g/mol. The van der Waals surface area contributed by atoms with Crippen LogP contribution in [0.2, 0.25) is 0 Å². The molecule has 0 aliphatic heterocycles. The van der Waals surface area contributed by atoms with Gasteiger partial charge in [-0.05, 0) is 24.8 Å². The smallest absolute Gasteiger partial charge is 0.0953 e. The molecule has 4 heteroatoms. The predicted octanol–water partition coefficient (Wildman–Crippen LogP) is 3.28. The van der Waals surface area contributed by atoms with Crippen LogP contribution in [-0.4, -0.2) is 14.5 Å². The van der Waals surface area contributed by atoms with Crippen molar-refractivity contribution >= 4 is 5.69 Å². The van der Waals surface area contributed by atoms with E-state index in [1.165, 1.54) is 19.3 Å². The fourth-order valence-corrected chi connectivity index (χ4v) is 2.64. The Kier molecular flexibility index (Phi) is 3.23. The van der Waals surface area contributed by atoms with Gasteiger partial charge < -0.3 is 10.3 Å². The maximum absolute atomic E-state index is 6.05. The number of pyridine rings is 1.